The van der Waals surface area contributed by atoms with Gasteiger partial charge in [-0.3, -0.25) is 4.40 Å². The van der Waals surface area contributed by atoms with E-state index in [4.69, 9.17) is 12.2 Å². The minimum Gasteiger partial charge on any atom is -0.339 e. The van der Waals surface area contributed by atoms with Gasteiger partial charge in [-0.15, -0.1) is 0 Å². The van der Waals surface area contributed by atoms with Crippen LogP contribution >= 0.6 is 12.2 Å². The number of halogens is 1. The predicted molar refractivity (Wildman–Crippen MR) is 101 cm³/mol. The van der Waals surface area contributed by atoms with E-state index in [0.717, 1.165) is 23.3 Å². The second-order valence-electron chi connectivity index (χ2n) is 5.87. The quantitative estimate of drug-likeness (QED) is 0.501. The van der Waals surface area contributed by atoms with Crippen LogP contribution in [-0.4, -0.2) is 14.4 Å². The average molecular weight is 349 g/mol. The van der Waals surface area contributed by atoms with Crippen LogP contribution in [0.2, 0.25) is 0 Å². The summed E-state index contributed by atoms with van der Waals surface area (Å²) in [6.07, 6.45) is 4.53. The number of aromatic amines is 1. The average Bonchev–Trinajstić information content (AvgIpc) is 3.09. The zero-order valence-electron chi connectivity index (χ0n) is 13.7. The number of H-pyrrole nitrogens is 1. The summed E-state index contributed by atoms with van der Waals surface area (Å²) < 4.78 is 16.5. The summed E-state index contributed by atoms with van der Waals surface area (Å²) in [6.45, 7) is 2.13. The van der Waals surface area contributed by atoms with Crippen molar-refractivity contribution in [1.29, 1.82) is 0 Å². The van der Waals surface area contributed by atoms with Gasteiger partial charge in [-0.05, 0) is 35.8 Å². The Balaban J connectivity index is 1.93. The molecule has 2 aromatic carbocycles. The zero-order chi connectivity index (χ0) is 17.4. The van der Waals surface area contributed by atoms with E-state index in [1.54, 1.807) is 22.7 Å². The molecule has 2 heterocycles. The van der Waals surface area contributed by atoms with Gasteiger partial charge in [0.1, 0.15) is 11.5 Å². The van der Waals surface area contributed by atoms with Gasteiger partial charge < -0.3 is 4.98 Å². The molecule has 0 saturated carbocycles. The fraction of sp³-hybridized carbons (Fsp3) is 0.100. The van der Waals surface area contributed by atoms with Gasteiger partial charge >= 0.3 is 0 Å². The lowest BCUT2D eigenvalue weighted by atomic mass is 10.1. The molecule has 2 aromatic heterocycles. The first kappa shape index (κ1) is 15.7. The molecule has 0 saturated heterocycles. The van der Waals surface area contributed by atoms with Crippen LogP contribution in [0.3, 0.4) is 0 Å². The fourth-order valence-electron chi connectivity index (χ4n) is 2.95. The monoisotopic (exact) mass is 349 g/mol. The molecule has 4 aromatic rings. The largest absolute Gasteiger partial charge is 0.339 e. The molecule has 0 amide bonds. The first-order valence-electron chi connectivity index (χ1n) is 8.12. The van der Waals surface area contributed by atoms with Gasteiger partial charge in [-0.25, -0.2) is 9.37 Å². The number of hydrogen-bond donors (Lipinski definition) is 1. The van der Waals surface area contributed by atoms with Crippen LogP contribution in [0.15, 0.2) is 60.9 Å². The number of fused-ring (bicyclic) bond motifs is 1. The van der Waals surface area contributed by atoms with Crippen LogP contribution < -0.4 is 0 Å². The summed E-state index contributed by atoms with van der Waals surface area (Å²) in [5.41, 5.74) is 5.17. The normalized spacial score (nSPS) is 11.1. The third-order valence-corrected chi connectivity index (χ3v) is 4.66. The molecule has 1 N–H and O–H groups in total. The van der Waals surface area contributed by atoms with E-state index in [-0.39, 0.29) is 5.82 Å². The highest BCUT2D eigenvalue weighted by molar-refractivity contribution is 7.71. The van der Waals surface area contributed by atoms with Crippen LogP contribution in [0, 0.1) is 10.6 Å². The maximum Gasteiger partial charge on any atom is 0.205 e. The molecule has 0 radical (unpaired) electrons. The van der Waals surface area contributed by atoms with Gasteiger partial charge in [0.15, 0.2) is 0 Å². The van der Waals surface area contributed by atoms with E-state index in [0.29, 0.717) is 15.9 Å². The van der Waals surface area contributed by atoms with E-state index < -0.39 is 0 Å². The molecule has 0 unspecified atom stereocenters. The van der Waals surface area contributed by atoms with Crippen molar-refractivity contribution < 1.29 is 4.39 Å². The maximum absolute atomic E-state index is 14.2. The second-order valence-corrected chi connectivity index (χ2v) is 6.24. The Labute approximate surface area is 149 Å². The van der Waals surface area contributed by atoms with Gasteiger partial charge in [0, 0.05) is 23.5 Å². The summed E-state index contributed by atoms with van der Waals surface area (Å²) in [5.74, 6) is -0.285. The molecule has 0 aliphatic heterocycles. The molecule has 0 spiro atoms. The van der Waals surface area contributed by atoms with Gasteiger partial charge in [0.05, 0.1) is 5.69 Å². The van der Waals surface area contributed by atoms with Crippen molar-refractivity contribution in [2.75, 3.05) is 0 Å². The third kappa shape index (κ3) is 2.76. The highest BCUT2D eigenvalue weighted by Crippen LogP contribution is 2.28. The fourth-order valence-corrected chi connectivity index (χ4v) is 3.14. The third-order valence-electron chi connectivity index (χ3n) is 4.35. The summed E-state index contributed by atoms with van der Waals surface area (Å²) >= 11 is 5.34. The molecule has 124 valence electrons. The zero-order valence-corrected chi connectivity index (χ0v) is 14.5. The molecule has 25 heavy (non-hydrogen) atoms. The topological polar surface area (TPSA) is 33.1 Å². The maximum atomic E-state index is 14.2. The molecule has 3 nitrogen and oxygen atoms in total. The molecule has 0 aliphatic rings. The van der Waals surface area contributed by atoms with Crippen molar-refractivity contribution in [3.8, 4) is 22.4 Å². The lowest BCUT2D eigenvalue weighted by Crippen LogP contribution is -1.94. The molecular weight excluding hydrogens is 333 g/mol. The SMILES string of the molecule is CCc1ccc(-c2cn3c(=S)ncc(-c4ccccc4F)c3[nH]2)cc1. The number of aryl methyl sites for hydroxylation is 1. The summed E-state index contributed by atoms with van der Waals surface area (Å²) in [6, 6.07) is 15.0. The molecular formula is C20H16FN3S. The van der Waals surface area contributed by atoms with Crippen molar-refractivity contribution in [1.82, 2.24) is 14.4 Å². The smallest absolute Gasteiger partial charge is 0.205 e. The number of benzene rings is 2. The van der Waals surface area contributed by atoms with E-state index in [1.165, 1.54) is 11.6 Å². The molecule has 0 atom stereocenters. The van der Waals surface area contributed by atoms with Gasteiger partial charge in [-0.1, -0.05) is 49.4 Å². The lowest BCUT2D eigenvalue weighted by molar-refractivity contribution is 0.631. The molecule has 0 aliphatic carbocycles. The number of nitrogens with one attached hydrogen (secondary N) is 1. The van der Waals surface area contributed by atoms with Gasteiger partial charge in [0.25, 0.3) is 0 Å². The summed E-state index contributed by atoms with van der Waals surface area (Å²) in [5, 5.41) is 0. The minimum atomic E-state index is -0.285. The van der Waals surface area contributed by atoms with E-state index in [9.17, 15) is 4.39 Å². The second kappa shape index (κ2) is 6.26. The number of hydrogen-bond acceptors (Lipinski definition) is 2. The van der Waals surface area contributed by atoms with Crippen molar-refractivity contribution >= 4 is 17.9 Å². The summed E-state index contributed by atoms with van der Waals surface area (Å²) in [7, 11) is 0. The molecule has 0 fully saturated rings. The number of imidazole rings is 1. The standard InChI is InChI=1S/C20H16FN3S/c1-2-13-7-9-14(10-8-13)18-12-24-19(23-18)16(11-22-20(24)25)15-5-3-4-6-17(15)21/h3-12,23H,2H2,1H3. The van der Waals surface area contributed by atoms with Crippen LogP contribution in [0.4, 0.5) is 4.39 Å². The number of aromatic nitrogens is 3. The predicted octanol–water partition coefficient (Wildman–Crippen LogP) is 5.43. The first-order chi connectivity index (χ1) is 12.2. The minimum absolute atomic E-state index is 0.285. The van der Waals surface area contributed by atoms with Crippen molar-refractivity contribution in [2.45, 2.75) is 13.3 Å². The Bertz CT molecular complexity index is 1110. The molecule has 0 bridgehead atoms. The number of rotatable bonds is 3. The Hall–Kier alpha value is -2.79. The van der Waals surface area contributed by atoms with Crippen LogP contribution in [0.1, 0.15) is 12.5 Å². The van der Waals surface area contributed by atoms with Crippen molar-refractivity contribution in [3.63, 3.8) is 0 Å². The van der Waals surface area contributed by atoms with Crippen molar-refractivity contribution in [2.24, 2.45) is 0 Å². The Morgan fingerprint density at radius 2 is 1.84 bits per heavy atom. The Morgan fingerprint density at radius 1 is 1.08 bits per heavy atom. The van der Waals surface area contributed by atoms with E-state index in [1.807, 2.05) is 12.3 Å². The molecule has 4 rings (SSSR count). The van der Waals surface area contributed by atoms with Crippen LogP contribution in [0.5, 0.6) is 0 Å². The van der Waals surface area contributed by atoms with E-state index in [2.05, 4.69) is 41.2 Å². The van der Waals surface area contributed by atoms with E-state index >= 15 is 0 Å². The summed E-state index contributed by atoms with van der Waals surface area (Å²) in [4.78, 5) is 7.62. The molecule has 5 heteroatoms. The number of nitrogens with zero attached hydrogens (tertiary/aromatic N) is 2. The van der Waals surface area contributed by atoms with Gasteiger partial charge in [-0.2, -0.15) is 0 Å². The van der Waals surface area contributed by atoms with Crippen LogP contribution in [0.25, 0.3) is 28.0 Å². The highest BCUT2D eigenvalue weighted by atomic mass is 32.1. The lowest BCUT2D eigenvalue weighted by Gasteiger charge is -2.05. The Kier molecular flexibility index (Phi) is 3.93. The first-order valence-corrected chi connectivity index (χ1v) is 8.53. The van der Waals surface area contributed by atoms with Crippen LogP contribution in [-0.2, 0) is 6.42 Å². The van der Waals surface area contributed by atoms with Crippen molar-refractivity contribution in [3.05, 3.63) is 77.1 Å². The highest BCUT2D eigenvalue weighted by Gasteiger charge is 2.13. The van der Waals surface area contributed by atoms with Gasteiger partial charge in [0.2, 0.25) is 4.77 Å². The Morgan fingerprint density at radius 3 is 2.56 bits per heavy atom.